The van der Waals surface area contributed by atoms with E-state index in [4.69, 9.17) is 15.2 Å². The topological polar surface area (TPSA) is 44.5 Å². The summed E-state index contributed by atoms with van der Waals surface area (Å²) < 4.78 is 12.0. The normalized spacial score (nSPS) is 25.7. The molecule has 18 heavy (non-hydrogen) atoms. The Morgan fingerprint density at radius 3 is 2.89 bits per heavy atom. The van der Waals surface area contributed by atoms with E-state index in [0.717, 1.165) is 36.4 Å². The van der Waals surface area contributed by atoms with Gasteiger partial charge in [0.15, 0.2) is 0 Å². The van der Waals surface area contributed by atoms with Crippen LogP contribution in [0.25, 0.3) is 0 Å². The van der Waals surface area contributed by atoms with Crippen molar-refractivity contribution in [1.29, 1.82) is 0 Å². The van der Waals surface area contributed by atoms with Gasteiger partial charge in [-0.1, -0.05) is 0 Å². The van der Waals surface area contributed by atoms with Crippen molar-refractivity contribution < 1.29 is 9.47 Å². The molecule has 2 aliphatic rings. The van der Waals surface area contributed by atoms with Crippen LogP contribution in [0.15, 0.2) is 18.2 Å². The fourth-order valence-electron chi connectivity index (χ4n) is 2.92. The molecule has 0 radical (unpaired) electrons. The zero-order valence-electron chi connectivity index (χ0n) is 10.9. The first kappa shape index (κ1) is 11.8. The highest BCUT2D eigenvalue weighted by atomic mass is 16.5. The Labute approximate surface area is 108 Å². The number of hydrogen-bond donors (Lipinski definition) is 1. The first-order chi connectivity index (χ1) is 8.67. The Kier molecular flexibility index (Phi) is 2.94. The quantitative estimate of drug-likeness (QED) is 0.817. The van der Waals surface area contributed by atoms with Gasteiger partial charge in [-0.15, -0.1) is 0 Å². The summed E-state index contributed by atoms with van der Waals surface area (Å²) in [6, 6.07) is 5.91. The van der Waals surface area contributed by atoms with Crippen LogP contribution < -0.4 is 10.5 Å². The van der Waals surface area contributed by atoms with E-state index in [2.05, 4.69) is 0 Å². The van der Waals surface area contributed by atoms with E-state index in [0.29, 0.717) is 6.10 Å². The fourth-order valence-corrected chi connectivity index (χ4v) is 2.92. The van der Waals surface area contributed by atoms with Crippen LogP contribution >= 0.6 is 0 Å². The SMILES string of the molecule is Cc1cc(OC2CCOC3(CCC3)C2)ccc1N. The van der Waals surface area contributed by atoms with Crippen molar-refractivity contribution in [3.63, 3.8) is 0 Å². The summed E-state index contributed by atoms with van der Waals surface area (Å²) in [7, 11) is 0. The maximum atomic E-state index is 6.09. The van der Waals surface area contributed by atoms with Gasteiger partial charge in [-0.2, -0.15) is 0 Å². The lowest BCUT2D eigenvalue weighted by molar-refractivity contribution is -0.153. The average molecular weight is 247 g/mol. The minimum Gasteiger partial charge on any atom is -0.490 e. The van der Waals surface area contributed by atoms with Crippen LogP contribution in [0.5, 0.6) is 5.75 Å². The number of anilines is 1. The van der Waals surface area contributed by atoms with E-state index < -0.39 is 0 Å². The lowest BCUT2D eigenvalue weighted by Gasteiger charge is -2.46. The van der Waals surface area contributed by atoms with Gasteiger partial charge in [-0.05, 0) is 49.9 Å². The molecule has 3 nitrogen and oxygen atoms in total. The molecule has 1 atom stereocenters. The number of aryl methyl sites for hydroxylation is 1. The predicted molar refractivity (Wildman–Crippen MR) is 71.8 cm³/mol. The van der Waals surface area contributed by atoms with Gasteiger partial charge in [-0.25, -0.2) is 0 Å². The number of rotatable bonds is 2. The van der Waals surface area contributed by atoms with Crippen molar-refractivity contribution in [1.82, 2.24) is 0 Å². The summed E-state index contributed by atoms with van der Waals surface area (Å²) in [5.41, 5.74) is 7.87. The summed E-state index contributed by atoms with van der Waals surface area (Å²) in [4.78, 5) is 0. The third kappa shape index (κ3) is 2.19. The number of ether oxygens (including phenoxy) is 2. The zero-order chi connectivity index (χ0) is 12.6. The summed E-state index contributed by atoms with van der Waals surface area (Å²) in [5.74, 6) is 0.933. The zero-order valence-corrected chi connectivity index (χ0v) is 10.9. The Bertz CT molecular complexity index is 440. The Hall–Kier alpha value is -1.22. The highest BCUT2D eigenvalue weighted by Gasteiger charge is 2.43. The summed E-state index contributed by atoms with van der Waals surface area (Å²) in [5, 5.41) is 0. The Balaban J connectivity index is 1.66. The van der Waals surface area contributed by atoms with Crippen LogP contribution in [0, 0.1) is 6.92 Å². The molecule has 1 saturated heterocycles. The van der Waals surface area contributed by atoms with Gasteiger partial charge < -0.3 is 15.2 Å². The third-order valence-electron chi connectivity index (χ3n) is 4.26. The molecule has 1 aromatic rings. The average Bonchev–Trinajstić information content (AvgIpc) is 2.32. The van der Waals surface area contributed by atoms with E-state index in [9.17, 15) is 0 Å². The molecule has 0 aromatic heterocycles. The van der Waals surface area contributed by atoms with E-state index in [-0.39, 0.29) is 5.60 Å². The fraction of sp³-hybridized carbons (Fsp3) is 0.600. The third-order valence-corrected chi connectivity index (χ3v) is 4.26. The first-order valence-corrected chi connectivity index (χ1v) is 6.84. The van der Waals surface area contributed by atoms with Gasteiger partial charge in [0, 0.05) is 18.5 Å². The molecular weight excluding hydrogens is 226 g/mol. The minimum atomic E-state index is 0.145. The van der Waals surface area contributed by atoms with Crippen LogP contribution in [0.4, 0.5) is 5.69 Å². The molecule has 1 heterocycles. The second kappa shape index (κ2) is 4.47. The van der Waals surface area contributed by atoms with Gasteiger partial charge in [0.1, 0.15) is 11.9 Å². The molecule has 1 aromatic carbocycles. The largest absolute Gasteiger partial charge is 0.490 e. The molecule has 1 unspecified atom stereocenters. The first-order valence-electron chi connectivity index (χ1n) is 6.84. The Morgan fingerprint density at radius 2 is 2.22 bits per heavy atom. The summed E-state index contributed by atoms with van der Waals surface area (Å²) in [6.07, 6.45) is 6.03. The highest BCUT2D eigenvalue weighted by molar-refractivity contribution is 5.49. The molecule has 3 heteroatoms. The maximum Gasteiger partial charge on any atom is 0.120 e. The number of nitrogen functional groups attached to an aromatic ring is 1. The molecular formula is C15H21NO2. The monoisotopic (exact) mass is 247 g/mol. The predicted octanol–water partition coefficient (Wildman–Crippen LogP) is 3.06. The number of benzene rings is 1. The second-order valence-corrected chi connectivity index (χ2v) is 5.64. The molecule has 0 bridgehead atoms. The van der Waals surface area contributed by atoms with Crippen molar-refractivity contribution in [2.24, 2.45) is 0 Å². The van der Waals surface area contributed by atoms with Crippen molar-refractivity contribution in [3.8, 4) is 5.75 Å². The molecule has 1 spiro atoms. The lowest BCUT2D eigenvalue weighted by atomic mass is 9.74. The Morgan fingerprint density at radius 1 is 1.39 bits per heavy atom. The van der Waals surface area contributed by atoms with Crippen LogP contribution in [0.3, 0.4) is 0 Å². The van der Waals surface area contributed by atoms with Crippen LogP contribution in [-0.4, -0.2) is 18.3 Å². The van der Waals surface area contributed by atoms with Crippen LogP contribution in [-0.2, 0) is 4.74 Å². The number of nitrogens with two attached hydrogens (primary N) is 1. The molecule has 1 aliphatic heterocycles. The second-order valence-electron chi connectivity index (χ2n) is 5.64. The van der Waals surface area contributed by atoms with E-state index in [1.165, 1.54) is 19.3 Å². The van der Waals surface area contributed by atoms with Crippen molar-refractivity contribution in [2.75, 3.05) is 12.3 Å². The molecule has 2 N–H and O–H groups in total. The van der Waals surface area contributed by atoms with Crippen molar-refractivity contribution >= 4 is 5.69 Å². The smallest absolute Gasteiger partial charge is 0.120 e. The van der Waals surface area contributed by atoms with Crippen molar-refractivity contribution in [2.45, 2.75) is 50.7 Å². The molecule has 1 aliphatic carbocycles. The van der Waals surface area contributed by atoms with Gasteiger partial charge in [0.25, 0.3) is 0 Å². The molecule has 0 amide bonds. The lowest BCUT2D eigenvalue weighted by Crippen LogP contribution is -2.48. The number of hydrogen-bond acceptors (Lipinski definition) is 3. The van der Waals surface area contributed by atoms with E-state index in [1.54, 1.807) is 0 Å². The van der Waals surface area contributed by atoms with Crippen LogP contribution in [0.1, 0.15) is 37.7 Å². The molecule has 1 saturated carbocycles. The van der Waals surface area contributed by atoms with Gasteiger partial charge in [-0.3, -0.25) is 0 Å². The summed E-state index contributed by atoms with van der Waals surface area (Å²) in [6.45, 7) is 2.85. The highest BCUT2D eigenvalue weighted by Crippen LogP contribution is 2.43. The minimum absolute atomic E-state index is 0.145. The van der Waals surface area contributed by atoms with E-state index >= 15 is 0 Å². The molecule has 2 fully saturated rings. The van der Waals surface area contributed by atoms with Gasteiger partial charge >= 0.3 is 0 Å². The standard InChI is InChI=1S/C15H21NO2/c1-11-9-12(3-4-14(11)16)18-13-5-8-17-15(10-13)6-2-7-15/h3-4,9,13H,2,5-8,10,16H2,1H3. The van der Waals surface area contributed by atoms with Crippen molar-refractivity contribution in [3.05, 3.63) is 23.8 Å². The van der Waals surface area contributed by atoms with Gasteiger partial charge in [0.2, 0.25) is 0 Å². The van der Waals surface area contributed by atoms with Gasteiger partial charge in [0.05, 0.1) is 12.2 Å². The molecule has 98 valence electrons. The maximum absolute atomic E-state index is 6.09. The molecule has 3 rings (SSSR count). The summed E-state index contributed by atoms with van der Waals surface area (Å²) >= 11 is 0. The van der Waals surface area contributed by atoms with E-state index in [1.807, 2.05) is 25.1 Å². The van der Waals surface area contributed by atoms with Crippen LogP contribution in [0.2, 0.25) is 0 Å².